The van der Waals surface area contributed by atoms with Crippen molar-refractivity contribution < 1.29 is 19.0 Å². The minimum absolute atomic E-state index is 0.110. The highest BCUT2D eigenvalue weighted by Crippen LogP contribution is 2.42. The van der Waals surface area contributed by atoms with Gasteiger partial charge in [-0.3, -0.25) is 9.89 Å². The molecule has 1 aromatic heterocycles. The molecule has 29 heavy (non-hydrogen) atoms. The van der Waals surface area contributed by atoms with Gasteiger partial charge < -0.3 is 19.5 Å². The van der Waals surface area contributed by atoms with Gasteiger partial charge in [0, 0.05) is 5.56 Å². The fourth-order valence-electron chi connectivity index (χ4n) is 3.16. The topological polar surface area (TPSA) is 85.5 Å². The van der Waals surface area contributed by atoms with Crippen LogP contribution in [0.5, 0.6) is 17.2 Å². The summed E-state index contributed by atoms with van der Waals surface area (Å²) in [5.74, 6) is 1.43. The Balaban J connectivity index is 1.97. The van der Waals surface area contributed by atoms with Crippen LogP contribution < -0.4 is 19.5 Å². The standard InChI is InChI=1S/C22H25N3O4/c1-5-16-21(23-19(26)11-14-9-7-6-8-10-14)20(25-24-16)15-12-17(27-2)22(29-4)18(13-15)28-3/h6-10,12-13H,5,11H2,1-4H3,(H,23,26)(H,24,25). The van der Waals surface area contributed by atoms with E-state index in [4.69, 9.17) is 14.2 Å². The molecule has 152 valence electrons. The number of nitrogens with zero attached hydrogens (tertiary/aromatic N) is 1. The zero-order chi connectivity index (χ0) is 20.8. The molecule has 0 bridgehead atoms. The van der Waals surface area contributed by atoms with Gasteiger partial charge in [0.15, 0.2) is 11.5 Å². The summed E-state index contributed by atoms with van der Waals surface area (Å²) in [6.07, 6.45) is 0.974. The van der Waals surface area contributed by atoms with E-state index in [-0.39, 0.29) is 12.3 Å². The number of anilines is 1. The Kier molecular flexibility index (Phi) is 6.39. The summed E-state index contributed by atoms with van der Waals surface area (Å²) in [4.78, 5) is 12.7. The number of hydrogen-bond donors (Lipinski definition) is 2. The van der Waals surface area contributed by atoms with Crippen LogP contribution in [0.2, 0.25) is 0 Å². The van der Waals surface area contributed by atoms with Crippen LogP contribution in [-0.2, 0) is 17.6 Å². The van der Waals surface area contributed by atoms with E-state index in [0.29, 0.717) is 35.1 Å². The Morgan fingerprint density at radius 1 is 1.03 bits per heavy atom. The van der Waals surface area contributed by atoms with Crippen LogP contribution in [0.15, 0.2) is 42.5 Å². The number of nitrogens with one attached hydrogen (secondary N) is 2. The fraction of sp³-hybridized carbons (Fsp3) is 0.273. The second-order valence-corrected chi connectivity index (χ2v) is 6.40. The summed E-state index contributed by atoms with van der Waals surface area (Å²) < 4.78 is 16.3. The molecule has 0 saturated heterocycles. The first-order valence-electron chi connectivity index (χ1n) is 9.32. The molecular weight excluding hydrogens is 370 g/mol. The summed E-state index contributed by atoms with van der Waals surface area (Å²) in [6, 6.07) is 13.2. The van der Waals surface area contributed by atoms with Gasteiger partial charge in [0.05, 0.1) is 39.1 Å². The highest BCUT2D eigenvalue weighted by Gasteiger charge is 2.21. The van der Waals surface area contributed by atoms with E-state index in [9.17, 15) is 4.79 Å². The minimum Gasteiger partial charge on any atom is -0.493 e. The van der Waals surface area contributed by atoms with Crippen molar-refractivity contribution in [2.45, 2.75) is 19.8 Å². The molecule has 0 radical (unpaired) electrons. The molecule has 0 spiro atoms. The highest BCUT2D eigenvalue weighted by atomic mass is 16.5. The van der Waals surface area contributed by atoms with Crippen molar-refractivity contribution in [2.24, 2.45) is 0 Å². The quantitative estimate of drug-likeness (QED) is 0.605. The second-order valence-electron chi connectivity index (χ2n) is 6.40. The number of rotatable bonds is 8. The number of methoxy groups -OCH3 is 3. The lowest BCUT2D eigenvalue weighted by molar-refractivity contribution is -0.115. The monoisotopic (exact) mass is 395 g/mol. The van der Waals surface area contributed by atoms with E-state index in [1.165, 1.54) is 0 Å². The van der Waals surface area contributed by atoms with Gasteiger partial charge in [0.2, 0.25) is 11.7 Å². The van der Waals surface area contributed by atoms with Crippen molar-refractivity contribution in [3.8, 4) is 28.5 Å². The first-order chi connectivity index (χ1) is 14.1. The number of amides is 1. The van der Waals surface area contributed by atoms with Gasteiger partial charge in [-0.2, -0.15) is 5.10 Å². The normalized spacial score (nSPS) is 10.5. The van der Waals surface area contributed by atoms with Crippen LogP contribution in [-0.4, -0.2) is 37.4 Å². The molecule has 0 aliphatic carbocycles. The van der Waals surface area contributed by atoms with Gasteiger partial charge in [0.1, 0.15) is 5.69 Å². The maximum Gasteiger partial charge on any atom is 0.228 e. The van der Waals surface area contributed by atoms with Gasteiger partial charge >= 0.3 is 0 Å². The minimum atomic E-state index is -0.110. The van der Waals surface area contributed by atoms with Crippen LogP contribution >= 0.6 is 0 Å². The molecule has 0 unspecified atom stereocenters. The molecule has 0 fully saturated rings. The predicted octanol–water partition coefficient (Wildman–Crippen LogP) is 3.85. The maximum atomic E-state index is 12.7. The van der Waals surface area contributed by atoms with Gasteiger partial charge in [-0.15, -0.1) is 0 Å². The van der Waals surface area contributed by atoms with Crippen molar-refractivity contribution in [2.75, 3.05) is 26.6 Å². The Bertz CT molecular complexity index is 958. The van der Waals surface area contributed by atoms with Crippen LogP contribution in [0.25, 0.3) is 11.3 Å². The number of benzene rings is 2. The number of carbonyl (C=O) groups excluding carboxylic acids is 1. The molecule has 3 aromatic rings. The van der Waals surface area contributed by atoms with Crippen LogP contribution in [0.4, 0.5) is 5.69 Å². The third-order valence-corrected chi connectivity index (χ3v) is 4.60. The Morgan fingerprint density at radius 3 is 2.24 bits per heavy atom. The number of aromatic nitrogens is 2. The van der Waals surface area contributed by atoms with Crippen LogP contribution in [0, 0.1) is 0 Å². The summed E-state index contributed by atoms with van der Waals surface area (Å²) in [5, 5.41) is 10.5. The molecule has 7 nitrogen and oxygen atoms in total. The molecule has 0 atom stereocenters. The Morgan fingerprint density at radius 2 is 1.69 bits per heavy atom. The third-order valence-electron chi connectivity index (χ3n) is 4.60. The average Bonchev–Trinajstić information content (AvgIpc) is 3.15. The second kappa shape index (κ2) is 9.14. The lowest BCUT2D eigenvalue weighted by Gasteiger charge is -2.14. The van der Waals surface area contributed by atoms with E-state index >= 15 is 0 Å². The molecule has 3 rings (SSSR count). The molecular formula is C22H25N3O4. The lowest BCUT2D eigenvalue weighted by atomic mass is 10.1. The summed E-state index contributed by atoms with van der Waals surface area (Å²) in [7, 11) is 4.68. The number of hydrogen-bond acceptors (Lipinski definition) is 5. The largest absolute Gasteiger partial charge is 0.493 e. The van der Waals surface area contributed by atoms with Crippen molar-refractivity contribution in [3.63, 3.8) is 0 Å². The zero-order valence-electron chi connectivity index (χ0n) is 17.0. The van der Waals surface area contributed by atoms with Crippen molar-refractivity contribution in [1.82, 2.24) is 10.2 Å². The van der Waals surface area contributed by atoms with Crippen LogP contribution in [0.3, 0.4) is 0 Å². The molecule has 0 aliphatic rings. The van der Waals surface area contributed by atoms with E-state index < -0.39 is 0 Å². The highest BCUT2D eigenvalue weighted by molar-refractivity contribution is 5.97. The number of carbonyl (C=O) groups is 1. The average molecular weight is 395 g/mol. The Labute approximate surface area is 170 Å². The van der Waals surface area contributed by atoms with E-state index in [1.807, 2.05) is 49.4 Å². The summed E-state index contributed by atoms with van der Waals surface area (Å²) >= 11 is 0. The summed E-state index contributed by atoms with van der Waals surface area (Å²) in [5.41, 5.74) is 3.80. The molecule has 2 aromatic carbocycles. The molecule has 0 saturated carbocycles. The van der Waals surface area contributed by atoms with Crippen LogP contribution in [0.1, 0.15) is 18.2 Å². The molecule has 1 heterocycles. The molecule has 7 heteroatoms. The molecule has 1 amide bonds. The predicted molar refractivity (Wildman–Crippen MR) is 112 cm³/mol. The van der Waals surface area contributed by atoms with Gasteiger partial charge in [-0.25, -0.2) is 0 Å². The number of aromatic amines is 1. The van der Waals surface area contributed by atoms with Crippen molar-refractivity contribution in [3.05, 3.63) is 53.7 Å². The SMILES string of the molecule is CCc1[nH]nc(-c2cc(OC)c(OC)c(OC)c2)c1NC(=O)Cc1ccccc1. The number of aryl methyl sites for hydroxylation is 1. The van der Waals surface area contributed by atoms with E-state index in [1.54, 1.807) is 21.3 Å². The number of ether oxygens (including phenoxy) is 3. The van der Waals surface area contributed by atoms with Gasteiger partial charge in [-0.05, 0) is 24.1 Å². The first-order valence-corrected chi connectivity index (χ1v) is 9.32. The van der Waals surface area contributed by atoms with E-state index in [2.05, 4.69) is 15.5 Å². The lowest BCUT2D eigenvalue weighted by Crippen LogP contribution is -2.15. The van der Waals surface area contributed by atoms with E-state index in [0.717, 1.165) is 16.8 Å². The van der Waals surface area contributed by atoms with Gasteiger partial charge in [0.25, 0.3) is 0 Å². The first kappa shape index (κ1) is 20.3. The smallest absolute Gasteiger partial charge is 0.228 e. The molecule has 2 N–H and O–H groups in total. The third kappa shape index (κ3) is 4.34. The van der Waals surface area contributed by atoms with Crippen molar-refractivity contribution >= 4 is 11.6 Å². The van der Waals surface area contributed by atoms with Crippen molar-refractivity contribution in [1.29, 1.82) is 0 Å². The zero-order valence-corrected chi connectivity index (χ0v) is 17.0. The maximum absolute atomic E-state index is 12.7. The van der Waals surface area contributed by atoms with Gasteiger partial charge in [-0.1, -0.05) is 37.3 Å². The molecule has 0 aliphatic heterocycles. The fourth-order valence-corrected chi connectivity index (χ4v) is 3.16. The summed E-state index contributed by atoms with van der Waals surface area (Å²) in [6.45, 7) is 2.00. The number of H-pyrrole nitrogens is 1. The Hall–Kier alpha value is -3.48.